The Bertz CT molecular complexity index is 807. The summed E-state index contributed by atoms with van der Waals surface area (Å²) in [5.41, 5.74) is 6.46. The van der Waals surface area contributed by atoms with Gasteiger partial charge >= 0.3 is 0 Å². The van der Waals surface area contributed by atoms with Crippen molar-refractivity contribution in [1.29, 1.82) is 0 Å². The number of hydrogen-bond donors (Lipinski definition) is 2. The number of nitrogens with zero attached hydrogens (tertiary/aromatic N) is 3. The lowest BCUT2D eigenvalue weighted by Gasteiger charge is -2.31. The summed E-state index contributed by atoms with van der Waals surface area (Å²) in [4.78, 5) is 20.2. The molecular weight excluding hydrogens is 416 g/mol. The molecule has 1 heterocycles. The zero-order valence-corrected chi connectivity index (χ0v) is 19.8. The van der Waals surface area contributed by atoms with Crippen molar-refractivity contribution >= 4 is 17.6 Å². The quantitative estimate of drug-likeness (QED) is 0.479. The maximum absolute atomic E-state index is 13.8. The first-order chi connectivity index (χ1) is 16.0. The van der Waals surface area contributed by atoms with Crippen LogP contribution in [0.15, 0.2) is 29.3 Å². The molecular formula is C26H39N4O3-. The Hall–Kier alpha value is -2.12. The molecule has 0 atom stereocenters. The zero-order valence-electron chi connectivity index (χ0n) is 19.8. The Morgan fingerprint density at radius 3 is 2.15 bits per heavy atom. The monoisotopic (exact) mass is 455 g/mol. The molecule has 2 aliphatic carbocycles. The molecule has 0 aromatic heterocycles. The molecule has 3 aliphatic rings. The number of anilines is 1. The van der Waals surface area contributed by atoms with Gasteiger partial charge in [-0.2, -0.15) is 0 Å². The molecule has 0 unspecified atom stereocenters. The molecule has 2 saturated carbocycles. The van der Waals surface area contributed by atoms with Gasteiger partial charge in [0.25, 0.3) is 5.91 Å². The number of carbonyl (C=O) groups excluding carboxylic acids is 1. The second-order valence-electron chi connectivity index (χ2n) is 10.4. The summed E-state index contributed by atoms with van der Waals surface area (Å²) in [6, 6.07) is 6.63. The largest absolute Gasteiger partial charge is 0.733 e. The first kappa shape index (κ1) is 24.0. The summed E-state index contributed by atoms with van der Waals surface area (Å²) in [6.45, 7) is 0.254. The van der Waals surface area contributed by atoms with Gasteiger partial charge in [0.2, 0.25) is 0 Å². The van der Waals surface area contributed by atoms with E-state index in [1.807, 2.05) is 6.07 Å². The standard InChI is InChI=1S/C26H39N4O3/c27-25-28-26(16-14-20-8-3-1-4-9-20,17-15-21-10-5-2-6-11-21)24(31)29(25)19-22-12-7-13-23(18-22)30(32)33/h7,12-13,18,20-21,32H,1-6,8-11,14-17,19H2,(H2,27,28)/q-1. The van der Waals surface area contributed by atoms with E-state index in [2.05, 4.69) is 0 Å². The van der Waals surface area contributed by atoms with Crippen molar-refractivity contribution in [2.75, 3.05) is 5.23 Å². The van der Waals surface area contributed by atoms with Crippen molar-refractivity contribution in [3.05, 3.63) is 35.0 Å². The highest BCUT2D eigenvalue weighted by atomic mass is 16.8. The maximum Gasteiger partial charge on any atom is 0.257 e. The van der Waals surface area contributed by atoms with Gasteiger partial charge in [-0.15, -0.1) is 0 Å². The molecule has 0 saturated heterocycles. The van der Waals surface area contributed by atoms with Gasteiger partial charge in [-0.25, -0.2) is 4.99 Å². The van der Waals surface area contributed by atoms with E-state index in [9.17, 15) is 15.2 Å². The second-order valence-corrected chi connectivity index (χ2v) is 10.4. The Labute approximate surface area is 197 Å². The van der Waals surface area contributed by atoms with Gasteiger partial charge in [-0.1, -0.05) is 76.3 Å². The van der Waals surface area contributed by atoms with Gasteiger partial charge in [0.05, 0.1) is 12.2 Å². The van der Waals surface area contributed by atoms with Gasteiger partial charge in [-0.3, -0.25) is 14.9 Å². The van der Waals surface area contributed by atoms with Crippen LogP contribution in [0.1, 0.15) is 95.5 Å². The van der Waals surface area contributed by atoms with Crippen molar-refractivity contribution in [1.82, 2.24) is 4.90 Å². The lowest BCUT2D eigenvalue weighted by Crippen LogP contribution is -2.44. The van der Waals surface area contributed by atoms with Gasteiger partial charge < -0.3 is 16.2 Å². The van der Waals surface area contributed by atoms with E-state index in [1.165, 1.54) is 70.3 Å². The third kappa shape index (κ3) is 5.87. The highest BCUT2D eigenvalue weighted by Crippen LogP contribution is 2.39. The number of hydrogen-bond acceptors (Lipinski definition) is 6. The van der Waals surface area contributed by atoms with Gasteiger partial charge in [0.1, 0.15) is 5.54 Å². The zero-order chi connectivity index (χ0) is 23.3. The van der Waals surface area contributed by atoms with E-state index in [0.717, 1.165) is 31.2 Å². The number of aliphatic imine (C=N–C) groups is 1. The molecule has 3 N–H and O–H groups in total. The van der Waals surface area contributed by atoms with Crippen LogP contribution >= 0.6 is 0 Å². The molecule has 4 rings (SSSR count). The molecule has 1 aromatic carbocycles. The summed E-state index contributed by atoms with van der Waals surface area (Å²) in [6.07, 6.45) is 16.5. The van der Waals surface area contributed by atoms with E-state index in [-0.39, 0.29) is 29.3 Å². The maximum atomic E-state index is 13.8. The highest BCUT2D eigenvalue weighted by Gasteiger charge is 2.47. The third-order valence-electron chi connectivity index (χ3n) is 8.10. The summed E-state index contributed by atoms with van der Waals surface area (Å²) < 4.78 is 0. The van der Waals surface area contributed by atoms with E-state index in [4.69, 9.17) is 10.7 Å². The third-order valence-corrected chi connectivity index (χ3v) is 8.10. The van der Waals surface area contributed by atoms with Crippen LogP contribution < -0.4 is 11.0 Å². The predicted octanol–water partition coefficient (Wildman–Crippen LogP) is 5.50. The smallest absolute Gasteiger partial charge is 0.257 e. The average Bonchev–Trinajstić information content (AvgIpc) is 3.07. The van der Waals surface area contributed by atoms with Crippen LogP contribution in [-0.2, 0) is 11.3 Å². The summed E-state index contributed by atoms with van der Waals surface area (Å²) in [5.74, 6) is 1.65. The molecule has 7 nitrogen and oxygen atoms in total. The first-order valence-corrected chi connectivity index (χ1v) is 12.9. The van der Waals surface area contributed by atoms with Crippen LogP contribution in [0.4, 0.5) is 5.69 Å². The number of guanidine groups is 1. The second kappa shape index (κ2) is 10.9. The van der Waals surface area contributed by atoms with Crippen molar-refractivity contribution in [3.63, 3.8) is 0 Å². The number of amides is 1. The topological polar surface area (TPSA) is 105 Å². The van der Waals surface area contributed by atoms with Crippen LogP contribution in [0.5, 0.6) is 0 Å². The van der Waals surface area contributed by atoms with Crippen LogP contribution in [0, 0.1) is 17.0 Å². The fourth-order valence-electron chi connectivity index (χ4n) is 6.08. The average molecular weight is 456 g/mol. The number of rotatable bonds is 9. The molecule has 33 heavy (non-hydrogen) atoms. The Morgan fingerprint density at radius 2 is 1.61 bits per heavy atom. The molecule has 7 heteroatoms. The highest BCUT2D eigenvalue weighted by molar-refractivity contribution is 6.06. The van der Waals surface area contributed by atoms with Gasteiger partial charge in [-0.05, 0) is 55.2 Å². The lowest BCUT2D eigenvalue weighted by atomic mass is 9.77. The summed E-state index contributed by atoms with van der Waals surface area (Å²) in [7, 11) is 0. The van der Waals surface area contributed by atoms with Crippen molar-refractivity contribution in [2.45, 2.75) is 102 Å². The summed E-state index contributed by atoms with van der Waals surface area (Å²) >= 11 is 0. The fraction of sp³-hybridized carbons (Fsp3) is 0.692. The number of nitrogens with two attached hydrogens (primary N) is 1. The number of benzene rings is 1. The van der Waals surface area contributed by atoms with E-state index in [1.54, 1.807) is 17.0 Å². The minimum Gasteiger partial charge on any atom is -0.733 e. The van der Waals surface area contributed by atoms with Crippen LogP contribution in [0.3, 0.4) is 0 Å². The van der Waals surface area contributed by atoms with Crippen molar-refractivity contribution in [2.24, 2.45) is 22.6 Å². The van der Waals surface area contributed by atoms with Gasteiger partial charge in [0.15, 0.2) is 5.96 Å². The van der Waals surface area contributed by atoms with E-state index >= 15 is 0 Å². The molecule has 1 amide bonds. The normalized spacial score (nSPS) is 21.9. The van der Waals surface area contributed by atoms with E-state index < -0.39 is 5.54 Å². The number of carbonyl (C=O) groups is 1. The fourth-order valence-corrected chi connectivity index (χ4v) is 6.08. The van der Waals surface area contributed by atoms with Crippen molar-refractivity contribution < 1.29 is 10.0 Å². The molecule has 0 radical (unpaired) electrons. The molecule has 1 aromatic rings. The van der Waals surface area contributed by atoms with Gasteiger partial charge in [0, 0.05) is 0 Å². The molecule has 0 bridgehead atoms. The van der Waals surface area contributed by atoms with Crippen LogP contribution in [-0.4, -0.2) is 27.5 Å². The predicted molar refractivity (Wildman–Crippen MR) is 131 cm³/mol. The Morgan fingerprint density at radius 1 is 1.03 bits per heavy atom. The molecule has 1 aliphatic heterocycles. The van der Waals surface area contributed by atoms with Crippen molar-refractivity contribution in [3.8, 4) is 0 Å². The molecule has 182 valence electrons. The van der Waals surface area contributed by atoms with E-state index in [0.29, 0.717) is 11.8 Å². The molecule has 2 fully saturated rings. The minimum atomic E-state index is -0.752. The minimum absolute atomic E-state index is 0.000000000000000222. The Kier molecular flexibility index (Phi) is 7.91. The SMILES string of the molecule is NC1=NC(CCC2CCCCC2)(CCC2CCCCC2)C(=O)N1Cc1cccc(N([O-])O)c1. The summed E-state index contributed by atoms with van der Waals surface area (Å²) in [5, 5.41) is 20.4. The first-order valence-electron chi connectivity index (χ1n) is 12.9. The van der Waals surface area contributed by atoms with Crippen LogP contribution in [0.25, 0.3) is 0 Å². The Balaban J connectivity index is 1.49. The van der Waals surface area contributed by atoms with Crippen LogP contribution in [0.2, 0.25) is 0 Å². The lowest BCUT2D eigenvalue weighted by molar-refractivity contribution is -0.132. The molecule has 0 spiro atoms.